The van der Waals surface area contributed by atoms with Gasteiger partial charge in [-0.25, -0.2) is 17.6 Å². The maximum Gasteiger partial charge on any atom is 0.573 e. The summed E-state index contributed by atoms with van der Waals surface area (Å²) in [7, 11) is -1.09. The first kappa shape index (κ1) is 30.0. The number of halogens is 11. The quantitative estimate of drug-likeness (QED) is 0.287. The minimum atomic E-state index is -5.19. The summed E-state index contributed by atoms with van der Waals surface area (Å²) in [6.07, 6.45) is -10.3. The molecule has 0 aliphatic carbocycles. The largest absolute Gasteiger partial charge is 0.573 e. The van der Waals surface area contributed by atoms with Crippen molar-refractivity contribution in [3.05, 3.63) is 52.0 Å². The van der Waals surface area contributed by atoms with Crippen LogP contribution in [0.5, 0.6) is 11.5 Å². The second-order valence-corrected chi connectivity index (χ2v) is 9.11. The molecule has 0 aromatic heterocycles. The van der Waals surface area contributed by atoms with E-state index < -0.39 is 65.8 Å². The summed E-state index contributed by atoms with van der Waals surface area (Å²) in [5, 5.41) is 0. The van der Waals surface area contributed by atoms with Crippen molar-refractivity contribution >= 4 is 28.5 Å². The second-order valence-electron chi connectivity index (χ2n) is 8.20. The van der Waals surface area contributed by atoms with Gasteiger partial charge in [0.1, 0.15) is 0 Å². The summed E-state index contributed by atoms with van der Waals surface area (Å²) in [6.45, 7) is 6.95. The first-order chi connectivity index (χ1) is 16.1. The van der Waals surface area contributed by atoms with Gasteiger partial charge >= 0.3 is 19.8 Å². The fourth-order valence-corrected chi connectivity index (χ4v) is 3.05. The van der Waals surface area contributed by atoms with Crippen molar-refractivity contribution in [2.75, 3.05) is 0 Å². The third kappa shape index (κ3) is 7.65. The molecule has 1 saturated heterocycles. The Morgan fingerprint density at radius 2 is 0.972 bits per heavy atom. The smallest absolute Gasteiger partial charge is 0.399 e. The minimum Gasteiger partial charge on any atom is -0.399 e. The van der Waals surface area contributed by atoms with Gasteiger partial charge in [0.05, 0.1) is 11.2 Å². The topological polar surface area (TPSA) is 36.9 Å². The number of hydrogen-bond donors (Lipinski definition) is 0. The Kier molecular flexibility index (Phi) is 8.58. The zero-order valence-electron chi connectivity index (χ0n) is 18.7. The lowest BCUT2D eigenvalue weighted by molar-refractivity contribution is -0.277. The minimum absolute atomic E-state index is 0.0120. The summed E-state index contributed by atoms with van der Waals surface area (Å²) in [4.78, 5) is 0. The molecule has 2 aromatic rings. The number of hydrogen-bond acceptors (Lipinski definition) is 4. The van der Waals surface area contributed by atoms with E-state index in [1.54, 1.807) is 27.7 Å². The molecule has 0 N–H and O–H groups in total. The number of benzene rings is 2. The van der Waals surface area contributed by atoms with Gasteiger partial charge in [-0.3, -0.25) is 0 Å². The molecule has 0 bridgehead atoms. The zero-order chi connectivity index (χ0) is 27.9. The number of rotatable bonds is 3. The maximum absolute atomic E-state index is 13.7. The molecule has 0 atom stereocenters. The van der Waals surface area contributed by atoms with Crippen LogP contribution in [0, 0.1) is 23.3 Å². The number of alkyl halides is 6. The van der Waals surface area contributed by atoms with Crippen LogP contribution >= 0.6 is 15.9 Å². The van der Waals surface area contributed by atoms with E-state index in [1.807, 2.05) is 0 Å². The van der Waals surface area contributed by atoms with Crippen molar-refractivity contribution in [2.45, 2.75) is 51.6 Å². The molecule has 200 valence electrons. The Balaban J connectivity index is 0.000000281. The lowest BCUT2D eigenvalue weighted by atomic mass is 9.79. The summed E-state index contributed by atoms with van der Waals surface area (Å²) in [5.41, 5.74) is -1.56. The Bertz CT molecular complexity index is 1040. The van der Waals surface area contributed by atoms with Crippen LogP contribution in [0.1, 0.15) is 27.7 Å². The molecular formula is C20H16BBrF10O4. The van der Waals surface area contributed by atoms with E-state index >= 15 is 0 Å². The van der Waals surface area contributed by atoms with Crippen molar-refractivity contribution in [1.29, 1.82) is 0 Å². The maximum atomic E-state index is 13.7. The van der Waals surface area contributed by atoms with E-state index in [0.717, 1.165) is 0 Å². The highest BCUT2D eigenvalue weighted by Crippen LogP contribution is 2.37. The number of ether oxygens (including phenoxy) is 2. The Morgan fingerprint density at radius 1 is 0.667 bits per heavy atom. The molecule has 16 heteroatoms. The summed E-state index contributed by atoms with van der Waals surface area (Å²) < 4.78 is 142. The zero-order valence-corrected chi connectivity index (χ0v) is 20.3. The molecule has 1 aliphatic heterocycles. The highest BCUT2D eigenvalue weighted by atomic mass is 79.9. The van der Waals surface area contributed by atoms with Crippen LogP contribution in [0.15, 0.2) is 28.7 Å². The van der Waals surface area contributed by atoms with E-state index in [0.29, 0.717) is 24.3 Å². The molecule has 36 heavy (non-hydrogen) atoms. The normalized spacial score (nSPS) is 16.9. The van der Waals surface area contributed by atoms with Gasteiger partial charge in [-0.05, 0) is 57.4 Å². The van der Waals surface area contributed by atoms with Gasteiger partial charge in [0.15, 0.2) is 23.3 Å². The van der Waals surface area contributed by atoms with E-state index in [-0.39, 0.29) is 9.94 Å². The van der Waals surface area contributed by atoms with Gasteiger partial charge in [-0.15, -0.1) is 26.3 Å². The van der Waals surface area contributed by atoms with Gasteiger partial charge in [-0.2, -0.15) is 0 Å². The van der Waals surface area contributed by atoms with Crippen molar-refractivity contribution < 1.29 is 62.7 Å². The fourth-order valence-electron chi connectivity index (χ4n) is 2.65. The van der Waals surface area contributed by atoms with Crippen molar-refractivity contribution in [2.24, 2.45) is 0 Å². The summed E-state index contributed by atoms with van der Waals surface area (Å²) >= 11 is 2.71. The Labute approximate surface area is 206 Å². The molecular weight excluding hydrogens is 585 g/mol. The Hall–Kier alpha value is -2.20. The molecule has 1 fully saturated rings. The highest BCUT2D eigenvalue weighted by molar-refractivity contribution is 9.10. The molecule has 1 heterocycles. The SMILES string of the molecule is CC1(C)OB(c2cc(F)c(OC(F)(F)F)c(F)c2)OC1(C)C.Fc1cc(Br)cc(F)c1OC(F)(F)F. The predicted octanol–water partition coefficient (Wildman–Crippen LogP) is 6.79. The van der Waals surface area contributed by atoms with Crippen LogP contribution in [-0.2, 0) is 9.31 Å². The molecule has 4 nitrogen and oxygen atoms in total. The van der Waals surface area contributed by atoms with E-state index in [9.17, 15) is 43.9 Å². The first-order valence-corrected chi connectivity index (χ1v) is 10.4. The van der Waals surface area contributed by atoms with Gasteiger partial charge in [0, 0.05) is 4.47 Å². The first-order valence-electron chi connectivity index (χ1n) is 9.62. The molecule has 1 aliphatic rings. The lowest BCUT2D eigenvalue weighted by Gasteiger charge is -2.32. The van der Waals surface area contributed by atoms with Gasteiger partial charge in [0.25, 0.3) is 0 Å². The predicted molar refractivity (Wildman–Crippen MR) is 109 cm³/mol. The summed E-state index contributed by atoms with van der Waals surface area (Å²) in [5.74, 6) is -8.78. The summed E-state index contributed by atoms with van der Waals surface area (Å²) in [6, 6.07) is 2.74. The van der Waals surface area contributed by atoms with Crippen LogP contribution in [0.2, 0.25) is 0 Å². The molecule has 0 saturated carbocycles. The van der Waals surface area contributed by atoms with Gasteiger partial charge < -0.3 is 18.8 Å². The molecule has 0 amide bonds. The molecule has 2 aromatic carbocycles. The van der Waals surface area contributed by atoms with E-state index in [2.05, 4.69) is 25.4 Å². The highest BCUT2D eigenvalue weighted by Gasteiger charge is 2.52. The third-order valence-electron chi connectivity index (χ3n) is 4.94. The van der Waals surface area contributed by atoms with Crippen molar-refractivity contribution in [3.8, 4) is 11.5 Å². The van der Waals surface area contributed by atoms with Gasteiger partial charge in [-0.1, -0.05) is 15.9 Å². The van der Waals surface area contributed by atoms with Crippen LogP contribution in [-0.4, -0.2) is 31.0 Å². The standard InChI is InChI=1S/C13H14BF5O3.C7H2BrF5O/c1-11(2)12(3,4)22-14(21-11)7-5-8(15)10(9(16)6-7)20-13(17,18)19;8-3-1-4(9)6(5(10)2-3)14-7(11,12)13/h5-6H,1-4H3;1-2H. The lowest BCUT2D eigenvalue weighted by Crippen LogP contribution is -2.41. The van der Waals surface area contributed by atoms with Crippen LogP contribution in [0.25, 0.3) is 0 Å². The van der Waals surface area contributed by atoms with Crippen molar-refractivity contribution in [1.82, 2.24) is 0 Å². The second kappa shape index (κ2) is 10.3. The van der Waals surface area contributed by atoms with Crippen LogP contribution in [0.4, 0.5) is 43.9 Å². The average molecular weight is 601 g/mol. The molecule has 0 unspecified atom stereocenters. The van der Waals surface area contributed by atoms with Gasteiger partial charge in [0.2, 0.25) is 11.5 Å². The average Bonchev–Trinajstić information content (AvgIpc) is 2.87. The molecule has 0 spiro atoms. The van der Waals surface area contributed by atoms with Crippen LogP contribution in [0.3, 0.4) is 0 Å². The van der Waals surface area contributed by atoms with Crippen LogP contribution < -0.4 is 14.9 Å². The Morgan fingerprint density at radius 3 is 1.28 bits per heavy atom. The van der Waals surface area contributed by atoms with E-state index in [4.69, 9.17) is 9.31 Å². The van der Waals surface area contributed by atoms with Crippen molar-refractivity contribution in [3.63, 3.8) is 0 Å². The fraction of sp³-hybridized carbons (Fsp3) is 0.400. The molecule has 3 rings (SSSR count). The monoisotopic (exact) mass is 600 g/mol. The molecule has 0 radical (unpaired) electrons. The third-order valence-corrected chi connectivity index (χ3v) is 5.40. The van der Waals surface area contributed by atoms with E-state index in [1.165, 1.54) is 0 Å².